The number of rotatable bonds is 2. The Balaban J connectivity index is 0. The Labute approximate surface area is 171 Å². The summed E-state index contributed by atoms with van der Waals surface area (Å²) in [6.07, 6.45) is 6.14. The van der Waals surface area contributed by atoms with Gasteiger partial charge >= 0.3 is 0 Å². The van der Waals surface area contributed by atoms with E-state index in [-0.39, 0.29) is 17.0 Å². The number of pyridine rings is 2. The van der Waals surface area contributed by atoms with Crippen LogP contribution in [0.3, 0.4) is 0 Å². The van der Waals surface area contributed by atoms with Gasteiger partial charge < -0.3 is 42.0 Å². The number of carboxylic acid groups (broad SMARTS) is 1. The molecule has 0 radical (unpaired) electrons. The fourth-order valence-electron chi connectivity index (χ4n) is 1.60. The lowest BCUT2D eigenvalue weighted by molar-refractivity contribution is -0.716. The zero-order valence-electron chi connectivity index (χ0n) is 16.7. The number of aromatic nitrogens is 2. The molecule has 0 unspecified atom stereocenters. The van der Waals surface area contributed by atoms with E-state index in [1.54, 1.807) is 24.5 Å². The van der Waals surface area contributed by atoms with Crippen LogP contribution in [0, 0.1) is 0 Å². The van der Waals surface area contributed by atoms with Crippen molar-refractivity contribution in [3.63, 3.8) is 0 Å². The summed E-state index contributed by atoms with van der Waals surface area (Å²) in [6, 6.07) is 7.81. The van der Waals surface area contributed by atoms with Crippen molar-refractivity contribution < 1.29 is 46.2 Å². The molecule has 0 spiro atoms. The van der Waals surface area contributed by atoms with Crippen molar-refractivity contribution in [2.45, 2.75) is 39.8 Å². The molecule has 0 saturated heterocycles. The summed E-state index contributed by atoms with van der Waals surface area (Å²) in [5.41, 5.74) is 0. The van der Waals surface area contributed by atoms with Crippen LogP contribution >= 0.6 is 0 Å². The highest BCUT2D eigenvalue weighted by atomic mass is 79.9. The van der Waals surface area contributed by atoms with Crippen LogP contribution < -0.4 is 31.2 Å². The molecule has 0 aliphatic rings. The van der Waals surface area contributed by atoms with E-state index in [1.807, 2.05) is 33.7 Å². The van der Waals surface area contributed by atoms with Crippen LogP contribution in [0.5, 0.6) is 11.5 Å². The van der Waals surface area contributed by atoms with Gasteiger partial charge in [0.2, 0.25) is 12.4 Å². The van der Waals surface area contributed by atoms with Gasteiger partial charge in [0.1, 0.15) is 6.09 Å². The number of halogens is 1. The second-order valence-corrected chi connectivity index (χ2v) is 6.37. The number of amides is 1. The van der Waals surface area contributed by atoms with Crippen molar-refractivity contribution >= 4 is 6.09 Å². The average molecular weight is 444 g/mol. The summed E-state index contributed by atoms with van der Waals surface area (Å²) < 4.78 is 3.91. The monoisotopic (exact) mass is 443 g/mol. The molecule has 0 fully saturated rings. The van der Waals surface area contributed by atoms with Gasteiger partial charge in [0.05, 0.1) is 0 Å². The van der Waals surface area contributed by atoms with Crippen LogP contribution in [-0.4, -0.2) is 35.3 Å². The summed E-state index contributed by atoms with van der Waals surface area (Å²) in [5, 5.41) is 27.6. The Morgan fingerprint density at radius 2 is 1.22 bits per heavy atom. The van der Waals surface area contributed by atoms with Gasteiger partial charge in [-0.25, -0.2) is 0 Å². The van der Waals surface area contributed by atoms with Gasteiger partial charge in [-0.1, -0.05) is 0 Å². The van der Waals surface area contributed by atoms with Gasteiger partial charge in [-0.2, -0.15) is 9.13 Å². The first kappa shape index (κ1) is 26.9. The number of hydrogen-bond donors (Lipinski definition) is 2. The van der Waals surface area contributed by atoms with Gasteiger partial charge in [0.15, 0.2) is 36.0 Å². The molecule has 2 N–H and O–H groups in total. The standard InChI is InChI=1S/2C8H11NO.C3H7NO2.BrH/c2*1-7(2)9-5-3-4-8(10)6-9;1-4(2)3(5)6;/h2*3-7H,1-2H3;1-2H3,(H,5,6);1H. The number of nitrogens with zero attached hydrogens (tertiary/aromatic N) is 3. The highest BCUT2D eigenvalue weighted by Crippen LogP contribution is 2.03. The fourth-order valence-corrected chi connectivity index (χ4v) is 1.60. The van der Waals surface area contributed by atoms with E-state index < -0.39 is 6.09 Å². The molecule has 2 aromatic heterocycles. The molecule has 2 heterocycles. The molecule has 0 aliphatic heterocycles. The summed E-state index contributed by atoms with van der Waals surface area (Å²) in [6.45, 7) is 8.28. The van der Waals surface area contributed by atoms with Gasteiger partial charge in [0.25, 0.3) is 0 Å². The third-order valence-corrected chi connectivity index (χ3v) is 3.17. The zero-order valence-corrected chi connectivity index (χ0v) is 18.3. The third kappa shape index (κ3) is 12.6. The Hall–Kier alpha value is -2.35. The van der Waals surface area contributed by atoms with E-state index in [1.165, 1.54) is 14.1 Å². The number of aromatic hydroxyl groups is 2. The van der Waals surface area contributed by atoms with Crippen LogP contribution in [0.15, 0.2) is 49.1 Å². The maximum Gasteiger partial charge on any atom is 0.211 e. The Morgan fingerprint density at radius 3 is 1.37 bits per heavy atom. The van der Waals surface area contributed by atoms with Crippen LogP contribution in [0.1, 0.15) is 39.8 Å². The van der Waals surface area contributed by atoms with Crippen LogP contribution in [0.2, 0.25) is 0 Å². The molecule has 2 rings (SSSR count). The zero-order chi connectivity index (χ0) is 20.3. The van der Waals surface area contributed by atoms with Gasteiger partial charge in [-0.15, -0.1) is 0 Å². The van der Waals surface area contributed by atoms with E-state index >= 15 is 0 Å². The molecule has 27 heavy (non-hydrogen) atoms. The minimum absolute atomic E-state index is 0. The van der Waals surface area contributed by atoms with E-state index in [0.717, 1.165) is 4.90 Å². The molecular formula is C19H30BrN3O4. The Kier molecular flexibility index (Phi) is 13.7. The first-order valence-electron chi connectivity index (χ1n) is 8.32. The molecule has 0 atom stereocenters. The molecule has 0 saturated carbocycles. The number of carbonyl (C=O) groups is 1. The Bertz CT molecular complexity index is 630. The molecule has 0 bridgehead atoms. The summed E-state index contributed by atoms with van der Waals surface area (Å²) in [5.74, 6) is 0.632. The molecule has 152 valence electrons. The maximum absolute atomic E-state index is 9.51. The normalized spacial score (nSPS) is 9.33. The minimum Gasteiger partial charge on any atom is -1.00 e. The largest absolute Gasteiger partial charge is 1.00 e. The number of hydrogen-bond acceptors (Lipinski definition) is 4. The molecule has 1 amide bonds. The molecule has 7 nitrogen and oxygen atoms in total. The van der Waals surface area contributed by atoms with Crippen molar-refractivity contribution in [1.29, 1.82) is 0 Å². The summed E-state index contributed by atoms with van der Waals surface area (Å²) in [7, 11) is 2.82. The molecule has 8 heteroatoms. The second-order valence-electron chi connectivity index (χ2n) is 6.37. The summed E-state index contributed by atoms with van der Waals surface area (Å²) >= 11 is 0. The van der Waals surface area contributed by atoms with Gasteiger partial charge in [-0.05, 0) is 39.8 Å². The highest BCUT2D eigenvalue weighted by Gasteiger charge is 2.05. The number of carbonyl (C=O) groups excluding carboxylic acids is 1. The van der Waals surface area contributed by atoms with Gasteiger partial charge in [-0.3, -0.25) is 0 Å². The average Bonchev–Trinajstić information content (AvgIpc) is 2.56. The second kappa shape index (κ2) is 13.8. The predicted molar refractivity (Wildman–Crippen MR) is 96.5 cm³/mol. The van der Waals surface area contributed by atoms with E-state index in [9.17, 15) is 9.90 Å². The molecule has 0 aliphatic carbocycles. The van der Waals surface area contributed by atoms with E-state index in [4.69, 9.17) is 10.2 Å². The lowest BCUT2D eigenvalue weighted by atomic mass is 10.3. The predicted octanol–water partition coefficient (Wildman–Crippen LogP) is -1.58. The maximum atomic E-state index is 9.51. The minimum atomic E-state index is -1.16. The van der Waals surface area contributed by atoms with Crippen molar-refractivity contribution in [2.24, 2.45) is 0 Å². The smallest absolute Gasteiger partial charge is 0.211 e. The first-order chi connectivity index (χ1) is 12.0. The van der Waals surface area contributed by atoms with Crippen molar-refractivity contribution in [1.82, 2.24) is 4.90 Å². The van der Waals surface area contributed by atoms with Gasteiger partial charge in [0, 0.05) is 26.2 Å². The van der Waals surface area contributed by atoms with Crippen molar-refractivity contribution in [3.05, 3.63) is 49.1 Å². The SMILES string of the molecule is CC(C)[n+]1cccc(O)c1.CC(C)[n+]1cccc(O)c1.CN(C)C(=O)[O-].[Br-]. The van der Waals surface area contributed by atoms with Crippen molar-refractivity contribution in [2.75, 3.05) is 14.1 Å². The third-order valence-electron chi connectivity index (χ3n) is 3.17. The topological polar surface area (TPSA) is 91.6 Å². The highest BCUT2D eigenvalue weighted by molar-refractivity contribution is 5.61. The van der Waals surface area contributed by atoms with Crippen LogP contribution in [-0.2, 0) is 0 Å². The van der Waals surface area contributed by atoms with Crippen LogP contribution in [0.25, 0.3) is 0 Å². The van der Waals surface area contributed by atoms with E-state index in [2.05, 4.69) is 27.7 Å². The lowest BCUT2D eigenvalue weighted by Crippen LogP contribution is -3.00. The van der Waals surface area contributed by atoms with Crippen molar-refractivity contribution in [3.8, 4) is 11.5 Å². The fraction of sp³-hybridized carbons (Fsp3) is 0.421. The quantitative estimate of drug-likeness (QED) is 0.547. The van der Waals surface area contributed by atoms with E-state index in [0.29, 0.717) is 23.6 Å². The van der Waals surface area contributed by atoms with Crippen LogP contribution in [0.4, 0.5) is 4.79 Å². The molecule has 2 aromatic rings. The lowest BCUT2D eigenvalue weighted by Gasteiger charge is -2.10. The summed E-state index contributed by atoms with van der Waals surface area (Å²) in [4.78, 5) is 10.5. The molecular weight excluding hydrogens is 414 g/mol. The first-order valence-corrected chi connectivity index (χ1v) is 8.32. The molecule has 0 aromatic carbocycles. The Morgan fingerprint density at radius 1 is 0.926 bits per heavy atom.